The van der Waals surface area contributed by atoms with Crippen LogP contribution in [0.1, 0.15) is 10.4 Å². The normalized spacial score (nSPS) is 10.5. The van der Waals surface area contributed by atoms with Crippen LogP contribution in [0.25, 0.3) is 0 Å². The highest BCUT2D eigenvalue weighted by molar-refractivity contribution is 9.10. The predicted octanol–water partition coefficient (Wildman–Crippen LogP) is 4.00. The number of ketones is 1. The Labute approximate surface area is 111 Å². The molecule has 1 aromatic heterocycles. The van der Waals surface area contributed by atoms with Gasteiger partial charge in [0.1, 0.15) is 11.6 Å². The van der Waals surface area contributed by atoms with Crippen LogP contribution in [-0.4, -0.2) is 5.78 Å². The van der Waals surface area contributed by atoms with Crippen LogP contribution in [-0.2, 0) is 17.6 Å². The summed E-state index contributed by atoms with van der Waals surface area (Å²) >= 11 is 4.90. The topological polar surface area (TPSA) is 17.1 Å². The van der Waals surface area contributed by atoms with E-state index in [1.165, 1.54) is 12.1 Å². The van der Waals surface area contributed by atoms with Gasteiger partial charge < -0.3 is 0 Å². The third-order valence-corrected chi connectivity index (χ3v) is 3.98. The minimum Gasteiger partial charge on any atom is -0.299 e. The zero-order valence-electron chi connectivity index (χ0n) is 8.95. The van der Waals surface area contributed by atoms with E-state index in [1.54, 1.807) is 23.5 Å². The molecule has 0 atom stereocenters. The van der Waals surface area contributed by atoms with Gasteiger partial charge in [0.05, 0.1) is 0 Å². The van der Waals surface area contributed by atoms with Gasteiger partial charge in [-0.3, -0.25) is 4.79 Å². The lowest BCUT2D eigenvalue weighted by molar-refractivity contribution is -0.117. The lowest BCUT2D eigenvalue weighted by Gasteiger charge is -2.00. The van der Waals surface area contributed by atoms with E-state index in [2.05, 4.69) is 15.9 Å². The maximum Gasteiger partial charge on any atom is 0.142 e. The minimum atomic E-state index is -0.297. The van der Waals surface area contributed by atoms with Crippen molar-refractivity contribution in [2.75, 3.05) is 0 Å². The summed E-state index contributed by atoms with van der Waals surface area (Å²) in [6, 6.07) is 8.12. The molecule has 1 heterocycles. The molecule has 0 bridgehead atoms. The molecule has 0 spiro atoms. The molecule has 4 heteroatoms. The Bertz CT molecular complexity index is 536. The van der Waals surface area contributed by atoms with Crippen LogP contribution >= 0.6 is 27.3 Å². The lowest BCUT2D eigenvalue weighted by atomic mass is 10.1. The van der Waals surface area contributed by atoms with Gasteiger partial charge in [0.25, 0.3) is 0 Å². The fourth-order valence-electron chi connectivity index (χ4n) is 1.58. The van der Waals surface area contributed by atoms with E-state index in [4.69, 9.17) is 0 Å². The fourth-order valence-corrected chi connectivity index (χ4v) is 3.06. The second-order valence-electron chi connectivity index (χ2n) is 3.75. The smallest absolute Gasteiger partial charge is 0.142 e. The molecule has 0 amide bonds. The molecule has 17 heavy (non-hydrogen) atoms. The van der Waals surface area contributed by atoms with Crippen molar-refractivity contribution < 1.29 is 9.18 Å². The van der Waals surface area contributed by atoms with Crippen molar-refractivity contribution in [2.45, 2.75) is 12.8 Å². The van der Waals surface area contributed by atoms with Gasteiger partial charge in [0, 0.05) is 27.6 Å². The Morgan fingerprint density at radius 2 is 2.12 bits per heavy atom. The third-order valence-electron chi connectivity index (χ3n) is 2.28. The van der Waals surface area contributed by atoms with Gasteiger partial charge >= 0.3 is 0 Å². The zero-order valence-corrected chi connectivity index (χ0v) is 11.4. The highest BCUT2D eigenvalue weighted by Gasteiger charge is 2.07. The Hall–Kier alpha value is -1.000. The number of hydrogen-bond acceptors (Lipinski definition) is 2. The Morgan fingerprint density at radius 3 is 2.76 bits per heavy atom. The molecule has 0 aliphatic carbocycles. The van der Waals surface area contributed by atoms with Crippen LogP contribution < -0.4 is 0 Å². The van der Waals surface area contributed by atoms with E-state index in [0.29, 0.717) is 6.42 Å². The quantitative estimate of drug-likeness (QED) is 0.834. The monoisotopic (exact) mass is 312 g/mol. The first-order valence-corrected chi connectivity index (χ1v) is 6.80. The number of hydrogen-bond donors (Lipinski definition) is 0. The van der Waals surface area contributed by atoms with Crippen LogP contribution in [0.15, 0.2) is 40.2 Å². The molecule has 1 nitrogen and oxygen atoms in total. The molecule has 0 radical (unpaired) electrons. The van der Waals surface area contributed by atoms with Crippen LogP contribution in [0, 0.1) is 5.82 Å². The standard InChI is InChI=1S/C13H10BrFOS/c14-10-6-13(17-8-10)7-12(16)5-9-2-1-3-11(15)4-9/h1-4,6,8H,5,7H2. The average molecular weight is 313 g/mol. The van der Waals surface area contributed by atoms with E-state index in [1.807, 2.05) is 11.4 Å². The molecular weight excluding hydrogens is 303 g/mol. The zero-order chi connectivity index (χ0) is 12.3. The minimum absolute atomic E-state index is 0.102. The first kappa shape index (κ1) is 12.5. The second kappa shape index (κ2) is 5.56. The SMILES string of the molecule is O=C(Cc1cccc(F)c1)Cc1cc(Br)cs1. The summed E-state index contributed by atoms with van der Waals surface area (Å²) in [6.07, 6.45) is 0.695. The van der Waals surface area contributed by atoms with Crippen LogP contribution in [0.4, 0.5) is 4.39 Å². The molecule has 0 unspecified atom stereocenters. The number of carbonyl (C=O) groups is 1. The third kappa shape index (κ3) is 3.75. The summed E-state index contributed by atoms with van der Waals surface area (Å²) in [6.45, 7) is 0. The van der Waals surface area contributed by atoms with Crippen LogP contribution in [0.3, 0.4) is 0 Å². The summed E-state index contributed by atoms with van der Waals surface area (Å²) in [4.78, 5) is 12.8. The Morgan fingerprint density at radius 1 is 1.29 bits per heavy atom. The van der Waals surface area contributed by atoms with Gasteiger partial charge in [-0.2, -0.15) is 0 Å². The molecule has 2 rings (SSSR count). The van der Waals surface area contributed by atoms with Gasteiger partial charge in [-0.1, -0.05) is 12.1 Å². The van der Waals surface area contributed by atoms with Crippen molar-refractivity contribution in [3.8, 4) is 0 Å². The molecule has 88 valence electrons. The maximum absolute atomic E-state index is 12.9. The maximum atomic E-state index is 12.9. The van der Waals surface area contributed by atoms with Gasteiger partial charge in [-0.25, -0.2) is 4.39 Å². The molecule has 1 aromatic carbocycles. The van der Waals surface area contributed by atoms with Gasteiger partial charge in [0.15, 0.2) is 0 Å². The van der Waals surface area contributed by atoms with Crippen molar-refractivity contribution in [3.05, 3.63) is 56.4 Å². The van der Waals surface area contributed by atoms with E-state index < -0.39 is 0 Å². The molecule has 0 aliphatic rings. The number of halogens is 2. The molecule has 0 saturated carbocycles. The summed E-state index contributed by atoms with van der Waals surface area (Å²) in [5, 5.41) is 1.95. The summed E-state index contributed by atoms with van der Waals surface area (Å²) < 4.78 is 13.9. The number of thiophene rings is 1. The Balaban J connectivity index is 1.98. The fraction of sp³-hybridized carbons (Fsp3) is 0.154. The largest absolute Gasteiger partial charge is 0.299 e. The van der Waals surface area contributed by atoms with Crippen molar-refractivity contribution in [3.63, 3.8) is 0 Å². The van der Waals surface area contributed by atoms with E-state index >= 15 is 0 Å². The van der Waals surface area contributed by atoms with E-state index in [0.717, 1.165) is 14.9 Å². The van der Waals surface area contributed by atoms with Crippen LogP contribution in [0.2, 0.25) is 0 Å². The molecule has 0 fully saturated rings. The van der Waals surface area contributed by atoms with Gasteiger partial charge in [-0.15, -0.1) is 11.3 Å². The van der Waals surface area contributed by atoms with Crippen molar-refractivity contribution in [1.82, 2.24) is 0 Å². The van der Waals surface area contributed by atoms with Gasteiger partial charge in [0.2, 0.25) is 0 Å². The highest BCUT2D eigenvalue weighted by atomic mass is 79.9. The molecule has 2 aromatic rings. The van der Waals surface area contributed by atoms with Crippen molar-refractivity contribution in [2.24, 2.45) is 0 Å². The highest BCUT2D eigenvalue weighted by Crippen LogP contribution is 2.20. The van der Waals surface area contributed by atoms with E-state index in [9.17, 15) is 9.18 Å². The number of benzene rings is 1. The second-order valence-corrected chi connectivity index (χ2v) is 5.66. The number of rotatable bonds is 4. The van der Waals surface area contributed by atoms with Crippen molar-refractivity contribution >= 4 is 33.0 Å². The first-order chi connectivity index (χ1) is 8.13. The summed E-state index contributed by atoms with van der Waals surface area (Å²) in [5.74, 6) is -0.195. The molecule has 0 aliphatic heterocycles. The number of carbonyl (C=O) groups excluding carboxylic acids is 1. The van der Waals surface area contributed by atoms with E-state index in [-0.39, 0.29) is 18.0 Å². The average Bonchev–Trinajstić information content (AvgIpc) is 2.63. The number of Topliss-reactive ketones (excluding diaryl/α,β-unsaturated/α-hetero) is 1. The summed E-state index contributed by atoms with van der Waals surface area (Å²) in [5.41, 5.74) is 0.727. The van der Waals surface area contributed by atoms with Gasteiger partial charge in [-0.05, 0) is 39.7 Å². The first-order valence-electron chi connectivity index (χ1n) is 5.12. The Kier molecular flexibility index (Phi) is 4.07. The summed E-state index contributed by atoms with van der Waals surface area (Å²) in [7, 11) is 0. The molecular formula is C13H10BrFOS. The molecule has 0 saturated heterocycles. The lowest BCUT2D eigenvalue weighted by Crippen LogP contribution is -2.05. The molecule has 0 N–H and O–H groups in total. The predicted molar refractivity (Wildman–Crippen MR) is 70.8 cm³/mol. The van der Waals surface area contributed by atoms with Crippen molar-refractivity contribution in [1.29, 1.82) is 0 Å². The van der Waals surface area contributed by atoms with Crippen LogP contribution in [0.5, 0.6) is 0 Å².